The zero-order valence-electron chi connectivity index (χ0n) is 8.51. The molecule has 17 heavy (non-hydrogen) atoms. The molecule has 0 bridgehead atoms. The Bertz CT molecular complexity index is 681. The SMILES string of the molecule is Clc1cc2nc(-n3cccn3)c(Br)cc2cn1. The summed E-state index contributed by atoms with van der Waals surface area (Å²) in [5.74, 6) is 0.727. The number of nitrogens with zero attached hydrogens (tertiary/aromatic N) is 4. The van der Waals surface area contributed by atoms with Gasteiger partial charge < -0.3 is 0 Å². The Balaban J connectivity index is 2.29. The monoisotopic (exact) mass is 308 g/mol. The molecule has 84 valence electrons. The summed E-state index contributed by atoms with van der Waals surface area (Å²) in [6.45, 7) is 0. The van der Waals surface area contributed by atoms with Gasteiger partial charge in [-0.25, -0.2) is 14.6 Å². The summed E-state index contributed by atoms with van der Waals surface area (Å²) < 4.78 is 2.55. The molecule has 0 amide bonds. The molecule has 0 saturated carbocycles. The molecule has 3 rings (SSSR count). The molecule has 0 aromatic carbocycles. The van der Waals surface area contributed by atoms with E-state index in [-0.39, 0.29) is 0 Å². The predicted molar refractivity (Wildman–Crippen MR) is 69.4 cm³/mol. The highest BCUT2D eigenvalue weighted by Crippen LogP contribution is 2.24. The first-order valence-electron chi connectivity index (χ1n) is 4.86. The fourth-order valence-electron chi connectivity index (χ4n) is 1.56. The van der Waals surface area contributed by atoms with Crippen molar-refractivity contribution in [3.8, 4) is 5.82 Å². The number of hydrogen-bond donors (Lipinski definition) is 0. The van der Waals surface area contributed by atoms with Gasteiger partial charge in [-0.3, -0.25) is 0 Å². The fraction of sp³-hybridized carbons (Fsp3) is 0. The van der Waals surface area contributed by atoms with Gasteiger partial charge in [0.2, 0.25) is 0 Å². The van der Waals surface area contributed by atoms with Gasteiger partial charge in [0.05, 0.1) is 9.99 Å². The average Bonchev–Trinajstić information content (AvgIpc) is 2.82. The molecule has 0 unspecified atom stereocenters. The van der Waals surface area contributed by atoms with Gasteiger partial charge in [-0.2, -0.15) is 5.10 Å². The van der Waals surface area contributed by atoms with Crippen LogP contribution >= 0.6 is 27.5 Å². The van der Waals surface area contributed by atoms with E-state index in [0.29, 0.717) is 5.15 Å². The van der Waals surface area contributed by atoms with E-state index in [1.807, 2.05) is 18.3 Å². The zero-order chi connectivity index (χ0) is 11.8. The smallest absolute Gasteiger partial charge is 0.168 e. The van der Waals surface area contributed by atoms with Crippen LogP contribution in [0.3, 0.4) is 0 Å². The maximum absolute atomic E-state index is 5.85. The lowest BCUT2D eigenvalue weighted by Crippen LogP contribution is -1.99. The maximum atomic E-state index is 5.85. The van der Waals surface area contributed by atoms with E-state index in [2.05, 4.69) is 31.0 Å². The Morgan fingerprint density at radius 3 is 2.94 bits per heavy atom. The highest BCUT2D eigenvalue weighted by atomic mass is 79.9. The lowest BCUT2D eigenvalue weighted by molar-refractivity contribution is 0.847. The second kappa shape index (κ2) is 4.09. The van der Waals surface area contributed by atoms with Crippen LogP contribution in [0.2, 0.25) is 5.15 Å². The number of halogens is 2. The molecule has 0 atom stereocenters. The highest BCUT2D eigenvalue weighted by Gasteiger charge is 2.07. The Kier molecular flexibility index (Phi) is 2.57. The highest BCUT2D eigenvalue weighted by molar-refractivity contribution is 9.10. The molecule has 3 aromatic heterocycles. The molecule has 0 N–H and O–H groups in total. The van der Waals surface area contributed by atoms with Crippen LogP contribution in [0.4, 0.5) is 0 Å². The molecule has 0 spiro atoms. The summed E-state index contributed by atoms with van der Waals surface area (Å²) in [4.78, 5) is 8.53. The Labute approximate surface area is 110 Å². The van der Waals surface area contributed by atoms with E-state index in [9.17, 15) is 0 Å². The van der Waals surface area contributed by atoms with Crippen LogP contribution in [0.1, 0.15) is 0 Å². The van der Waals surface area contributed by atoms with Crippen molar-refractivity contribution in [3.63, 3.8) is 0 Å². The van der Waals surface area contributed by atoms with Crippen molar-refractivity contribution in [3.05, 3.63) is 46.4 Å². The lowest BCUT2D eigenvalue weighted by atomic mass is 10.3. The number of pyridine rings is 2. The van der Waals surface area contributed by atoms with Crippen LogP contribution < -0.4 is 0 Å². The molecule has 4 nitrogen and oxygen atoms in total. The number of rotatable bonds is 1. The number of aromatic nitrogens is 4. The second-order valence-corrected chi connectivity index (χ2v) is 4.69. The second-order valence-electron chi connectivity index (χ2n) is 3.44. The van der Waals surface area contributed by atoms with Gasteiger partial charge in [0.15, 0.2) is 5.82 Å². The van der Waals surface area contributed by atoms with Crippen molar-refractivity contribution in [2.75, 3.05) is 0 Å². The third-order valence-electron chi connectivity index (χ3n) is 2.32. The third-order valence-corrected chi connectivity index (χ3v) is 3.11. The molecule has 0 aliphatic carbocycles. The first-order valence-corrected chi connectivity index (χ1v) is 6.03. The molecule has 3 aromatic rings. The van der Waals surface area contributed by atoms with Crippen molar-refractivity contribution < 1.29 is 0 Å². The van der Waals surface area contributed by atoms with Crippen molar-refractivity contribution in [1.29, 1.82) is 0 Å². The molecule has 0 aliphatic heterocycles. The molecular weight excluding hydrogens is 304 g/mol. The molecular formula is C11H6BrClN4. The standard InChI is InChI=1S/C11H6BrClN4/c12-8-4-7-6-14-10(13)5-9(7)16-11(8)17-3-1-2-15-17/h1-6H. The minimum absolute atomic E-state index is 0.429. The molecule has 0 radical (unpaired) electrons. The third kappa shape index (κ3) is 1.92. The van der Waals surface area contributed by atoms with Crippen LogP contribution in [-0.2, 0) is 0 Å². The maximum Gasteiger partial charge on any atom is 0.168 e. The minimum Gasteiger partial charge on any atom is -0.244 e. The normalized spacial score (nSPS) is 10.9. The van der Waals surface area contributed by atoms with E-state index in [0.717, 1.165) is 21.2 Å². The van der Waals surface area contributed by atoms with Gasteiger partial charge in [0.25, 0.3) is 0 Å². The molecule has 0 aliphatic rings. The van der Waals surface area contributed by atoms with Crippen LogP contribution in [0.5, 0.6) is 0 Å². The van der Waals surface area contributed by atoms with Crippen LogP contribution in [0.25, 0.3) is 16.7 Å². The van der Waals surface area contributed by atoms with Crippen molar-refractivity contribution >= 4 is 38.4 Å². The summed E-state index contributed by atoms with van der Waals surface area (Å²) >= 11 is 9.32. The quantitative estimate of drug-likeness (QED) is 0.648. The average molecular weight is 310 g/mol. The predicted octanol–water partition coefficient (Wildman–Crippen LogP) is 3.23. The summed E-state index contributed by atoms with van der Waals surface area (Å²) in [5, 5.41) is 5.51. The molecule has 6 heteroatoms. The minimum atomic E-state index is 0.429. The Hall–Kier alpha value is -1.46. The van der Waals surface area contributed by atoms with E-state index < -0.39 is 0 Å². The van der Waals surface area contributed by atoms with Crippen LogP contribution in [0, 0.1) is 0 Å². The lowest BCUT2D eigenvalue weighted by Gasteiger charge is -2.05. The first kappa shape index (κ1) is 10.7. The number of hydrogen-bond acceptors (Lipinski definition) is 3. The van der Waals surface area contributed by atoms with Gasteiger partial charge in [-0.15, -0.1) is 0 Å². The Morgan fingerprint density at radius 2 is 2.18 bits per heavy atom. The van der Waals surface area contributed by atoms with Crippen LogP contribution in [0.15, 0.2) is 41.3 Å². The summed E-state index contributed by atoms with van der Waals surface area (Å²) in [6.07, 6.45) is 5.24. The zero-order valence-corrected chi connectivity index (χ0v) is 10.9. The van der Waals surface area contributed by atoms with E-state index in [4.69, 9.17) is 11.6 Å². The van der Waals surface area contributed by atoms with E-state index >= 15 is 0 Å². The Morgan fingerprint density at radius 1 is 1.29 bits per heavy atom. The summed E-state index contributed by atoms with van der Waals surface area (Å²) in [5.41, 5.74) is 0.790. The van der Waals surface area contributed by atoms with Gasteiger partial charge >= 0.3 is 0 Å². The molecule has 0 fully saturated rings. The topological polar surface area (TPSA) is 43.6 Å². The summed E-state index contributed by atoms with van der Waals surface area (Å²) in [6, 6.07) is 5.52. The van der Waals surface area contributed by atoms with Gasteiger partial charge in [-0.1, -0.05) is 11.6 Å². The van der Waals surface area contributed by atoms with Crippen molar-refractivity contribution in [2.45, 2.75) is 0 Å². The van der Waals surface area contributed by atoms with E-state index in [1.54, 1.807) is 23.1 Å². The van der Waals surface area contributed by atoms with Crippen molar-refractivity contribution in [1.82, 2.24) is 19.7 Å². The van der Waals surface area contributed by atoms with E-state index in [1.165, 1.54) is 0 Å². The van der Waals surface area contributed by atoms with Crippen molar-refractivity contribution in [2.24, 2.45) is 0 Å². The fourth-order valence-corrected chi connectivity index (χ4v) is 2.23. The molecule has 3 heterocycles. The first-order chi connectivity index (χ1) is 8.24. The summed E-state index contributed by atoms with van der Waals surface area (Å²) in [7, 11) is 0. The molecule has 0 saturated heterocycles. The largest absolute Gasteiger partial charge is 0.244 e. The van der Waals surface area contributed by atoms with Gasteiger partial charge in [0, 0.05) is 30.0 Å². The van der Waals surface area contributed by atoms with Gasteiger partial charge in [-0.05, 0) is 28.1 Å². The number of fused-ring (bicyclic) bond motifs is 1. The van der Waals surface area contributed by atoms with Gasteiger partial charge in [0.1, 0.15) is 5.15 Å². The van der Waals surface area contributed by atoms with Crippen LogP contribution in [-0.4, -0.2) is 19.7 Å².